The number of allylic oxidation sites excluding steroid dienone is 1. The summed E-state index contributed by atoms with van der Waals surface area (Å²) in [7, 11) is 0. The SMILES string of the molecule is O=C(/C=C(/Nc1ccccc1)c1ccccc1)CC(=O)c1ccccc1. The lowest BCUT2D eigenvalue weighted by atomic mass is 10.0. The monoisotopic (exact) mass is 341 g/mol. The van der Waals surface area contributed by atoms with E-state index in [1.54, 1.807) is 24.3 Å². The van der Waals surface area contributed by atoms with Crippen LogP contribution in [0.2, 0.25) is 0 Å². The molecule has 3 aromatic carbocycles. The van der Waals surface area contributed by atoms with E-state index in [0.29, 0.717) is 11.3 Å². The normalized spacial score (nSPS) is 11.0. The Morgan fingerprint density at radius 2 is 1.19 bits per heavy atom. The molecule has 0 unspecified atom stereocenters. The minimum absolute atomic E-state index is 0.156. The summed E-state index contributed by atoms with van der Waals surface area (Å²) < 4.78 is 0. The van der Waals surface area contributed by atoms with Gasteiger partial charge < -0.3 is 5.32 Å². The van der Waals surface area contributed by atoms with E-state index in [1.807, 2.05) is 66.7 Å². The molecule has 1 N–H and O–H groups in total. The van der Waals surface area contributed by atoms with Gasteiger partial charge in [0, 0.05) is 23.0 Å². The summed E-state index contributed by atoms with van der Waals surface area (Å²) in [5.74, 6) is -0.417. The molecule has 3 aromatic rings. The summed E-state index contributed by atoms with van der Waals surface area (Å²) in [6, 6.07) is 28.1. The Hall–Kier alpha value is -3.46. The number of benzene rings is 3. The zero-order valence-corrected chi connectivity index (χ0v) is 14.3. The van der Waals surface area contributed by atoms with Gasteiger partial charge in [0.15, 0.2) is 11.6 Å². The Bertz CT molecular complexity index is 901. The number of hydrogen-bond donors (Lipinski definition) is 1. The highest BCUT2D eigenvalue weighted by molar-refractivity contribution is 6.13. The molecule has 3 rings (SSSR count). The first-order valence-corrected chi connectivity index (χ1v) is 8.42. The van der Waals surface area contributed by atoms with E-state index in [9.17, 15) is 9.59 Å². The summed E-state index contributed by atoms with van der Waals surface area (Å²) in [6.45, 7) is 0. The smallest absolute Gasteiger partial charge is 0.170 e. The Morgan fingerprint density at radius 3 is 1.77 bits per heavy atom. The van der Waals surface area contributed by atoms with E-state index < -0.39 is 0 Å². The fraction of sp³-hybridized carbons (Fsp3) is 0.0435. The average molecular weight is 341 g/mol. The zero-order valence-electron chi connectivity index (χ0n) is 14.3. The number of nitrogens with one attached hydrogen (secondary N) is 1. The highest BCUT2D eigenvalue weighted by Gasteiger charge is 2.12. The third kappa shape index (κ3) is 4.77. The van der Waals surface area contributed by atoms with Crippen molar-refractivity contribution >= 4 is 23.0 Å². The van der Waals surface area contributed by atoms with E-state index in [4.69, 9.17) is 0 Å². The van der Waals surface area contributed by atoms with E-state index in [0.717, 1.165) is 11.3 Å². The van der Waals surface area contributed by atoms with Crippen molar-refractivity contribution in [1.29, 1.82) is 0 Å². The number of rotatable bonds is 7. The molecular formula is C23H19NO2. The quantitative estimate of drug-likeness (QED) is 0.374. The third-order valence-corrected chi connectivity index (χ3v) is 3.87. The molecule has 0 radical (unpaired) electrons. The maximum atomic E-state index is 12.5. The Kier molecular flexibility index (Phi) is 5.73. The van der Waals surface area contributed by atoms with Crippen molar-refractivity contribution in [3.05, 3.63) is 108 Å². The van der Waals surface area contributed by atoms with Gasteiger partial charge in [0.25, 0.3) is 0 Å². The fourth-order valence-corrected chi connectivity index (χ4v) is 2.58. The molecule has 128 valence electrons. The largest absolute Gasteiger partial charge is 0.355 e. The molecule has 0 heterocycles. The van der Waals surface area contributed by atoms with Crippen LogP contribution in [-0.2, 0) is 4.79 Å². The van der Waals surface area contributed by atoms with Crippen molar-refractivity contribution in [2.45, 2.75) is 6.42 Å². The van der Waals surface area contributed by atoms with Gasteiger partial charge in [-0.2, -0.15) is 0 Å². The molecule has 3 heteroatoms. The highest BCUT2D eigenvalue weighted by Crippen LogP contribution is 2.19. The molecule has 0 spiro atoms. The fourth-order valence-electron chi connectivity index (χ4n) is 2.58. The van der Waals surface area contributed by atoms with Crippen LogP contribution in [0.4, 0.5) is 5.69 Å². The summed E-state index contributed by atoms with van der Waals surface area (Å²) in [5.41, 5.74) is 2.98. The lowest BCUT2D eigenvalue weighted by Crippen LogP contribution is -2.08. The number of anilines is 1. The number of ketones is 2. The molecule has 0 aliphatic carbocycles. The molecule has 0 atom stereocenters. The van der Waals surface area contributed by atoms with Gasteiger partial charge in [-0.25, -0.2) is 0 Å². The molecule has 0 fully saturated rings. The van der Waals surface area contributed by atoms with Crippen molar-refractivity contribution in [1.82, 2.24) is 0 Å². The second kappa shape index (κ2) is 8.58. The topological polar surface area (TPSA) is 46.2 Å². The van der Waals surface area contributed by atoms with Gasteiger partial charge >= 0.3 is 0 Å². The van der Waals surface area contributed by atoms with Crippen LogP contribution >= 0.6 is 0 Å². The van der Waals surface area contributed by atoms with Crippen molar-refractivity contribution in [3.63, 3.8) is 0 Å². The van der Waals surface area contributed by atoms with Crippen molar-refractivity contribution in [2.75, 3.05) is 5.32 Å². The number of carbonyl (C=O) groups is 2. The lowest BCUT2D eigenvalue weighted by molar-refractivity contribution is -0.113. The van der Waals surface area contributed by atoms with E-state index >= 15 is 0 Å². The van der Waals surface area contributed by atoms with Crippen LogP contribution in [0.15, 0.2) is 97.1 Å². The van der Waals surface area contributed by atoms with E-state index in [-0.39, 0.29) is 18.0 Å². The minimum Gasteiger partial charge on any atom is -0.355 e. The Morgan fingerprint density at radius 1 is 0.692 bits per heavy atom. The van der Waals surface area contributed by atoms with Crippen LogP contribution in [0, 0.1) is 0 Å². The van der Waals surface area contributed by atoms with Crippen LogP contribution in [0.1, 0.15) is 22.3 Å². The summed E-state index contributed by atoms with van der Waals surface area (Å²) in [5, 5.41) is 3.27. The van der Waals surface area contributed by atoms with Crippen LogP contribution < -0.4 is 5.32 Å². The number of Topliss-reactive ketones (excluding diaryl/α,β-unsaturated/α-hetero) is 1. The van der Waals surface area contributed by atoms with Gasteiger partial charge in [-0.3, -0.25) is 9.59 Å². The van der Waals surface area contributed by atoms with Gasteiger partial charge in [0.2, 0.25) is 0 Å². The molecule has 0 saturated carbocycles. The summed E-state index contributed by atoms with van der Waals surface area (Å²) in [4.78, 5) is 24.7. The molecule has 0 amide bonds. The number of para-hydroxylation sites is 1. The zero-order chi connectivity index (χ0) is 18.2. The molecule has 0 saturated heterocycles. The highest BCUT2D eigenvalue weighted by atomic mass is 16.1. The number of hydrogen-bond acceptors (Lipinski definition) is 3. The van der Waals surface area contributed by atoms with Crippen LogP contribution in [-0.4, -0.2) is 11.6 Å². The predicted molar refractivity (Wildman–Crippen MR) is 105 cm³/mol. The molecule has 0 aliphatic heterocycles. The standard InChI is InChI=1S/C23H19NO2/c25-21(17-23(26)19-12-6-2-7-13-19)16-22(18-10-4-1-5-11-18)24-20-14-8-3-9-15-20/h1-16,24H,17H2/b22-16+. The second-order valence-electron chi connectivity index (χ2n) is 5.85. The van der Waals surface area contributed by atoms with Crippen LogP contribution in [0.5, 0.6) is 0 Å². The van der Waals surface area contributed by atoms with Crippen molar-refractivity contribution < 1.29 is 9.59 Å². The predicted octanol–water partition coefficient (Wildman–Crippen LogP) is 4.98. The van der Waals surface area contributed by atoms with Gasteiger partial charge in [-0.05, 0) is 17.7 Å². The molecule has 0 aromatic heterocycles. The van der Waals surface area contributed by atoms with Crippen LogP contribution in [0.25, 0.3) is 5.70 Å². The lowest BCUT2D eigenvalue weighted by Gasteiger charge is -2.11. The molecule has 26 heavy (non-hydrogen) atoms. The first-order chi connectivity index (χ1) is 12.7. The van der Waals surface area contributed by atoms with Crippen molar-refractivity contribution in [2.24, 2.45) is 0 Å². The number of carbonyl (C=O) groups excluding carboxylic acids is 2. The molecular weight excluding hydrogens is 322 g/mol. The Balaban J connectivity index is 1.81. The van der Waals surface area contributed by atoms with Crippen molar-refractivity contribution in [3.8, 4) is 0 Å². The molecule has 3 nitrogen and oxygen atoms in total. The minimum atomic E-state index is -0.235. The van der Waals surface area contributed by atoms with Gasteiger partial charge in [-0.15, -0.1) is 0 Å². The van der Waals surface area contributed by atoms with Gasteiger partial charge in [0.1, 0.15) is 0 Å². The second-order valence-corrected chi connectivity index (χ2v) is 5.85. The molecule has 0 aliphatic rings. The van der Waals surface area contributed by atoms with Gasteiger partial charge in [0.05, 0.1) is 6.42 Å². The summed E-state index contributed by atoms with van der Waals surface area (Å²) in [6.07, 6.45) is 1.35. The summed E-state index contributed by atoms with van der Waals surface area (Å²) >= 11 is 0. The third-order valence-electron chi connectivity index (χ3n) is 3.87. The van der Waals surface area contributed by atoms with E-state index in [2.05, 4.69) is 5.32 Å². The van der Waals surface area contributed by atoms with Gasteiger partial charge in [-0.1, -0.05) is 78.9 Å². The maximum Gasteiger partial charge on any atom is 0.170 e. The van der Waals surface area contributed by atoms with E-state index in [1.165, 1.54) is 6.08 Å². The molecule has 0 bridgehead atoms. The average Bonchev–Trinajstić information content (AvgIpc) is 2.69. The Labute approximate surface area is 153 Å². The first kappa shape index (κ1) is 17.4. The maximum absolute atomic E-state index is 12.5. The first-order valence-electron chi connectivity index (χ1n) is 8.42. The van der Waals surface area contributed by atoms with Crippen LogP contribution in [0.3, 0.4) is 0 Å².